The van der Waals surface area contributed by atoms with Crippen molar-refractivity contribution in [2.45, 2.75) is 130 Å². The lowest BCUT2D eigenvalue weighted by Crippen LogP contribution is -2.54. The number of hydrogen-bond donors (Lipinski definition) is 2. The molecule has 5 heteroatoms. The Balaban J connectivity index is 1.32. The number of amides is 1. The summed E-state index contributed by atoms with van der Waals surface area (Å²) < 4.78 is 5.90. The molecule has 0 spiro atoms. The van der Waals surface area contributed by atoms with Gasteiger partial charge in [0.1, 0.15) is 6.10 Å². The average molecular weight is 504 g/mol. The summed E-state index contributed by atoms with van der Waals surface area (Å²) in [6.07, 6.45) is 16.8. The van der Waals surface area contributed by atoms with Crippen molar-refractivity contribution in [2.75, 3.05) is 6.54 Å². The van der Waals surface area contributed by atoms with Crippen molar-refractivity contribution in [3.8, 4) is 0 Å². The van der Waals surface area contributed by atoms with Crippen LogP contribution in [-0.4, -0.2) is 29.8 Å². The molecule has 0 bridgehead atoms. The number of carbonyl (C=O) groups excluding carboxylic acids is 1. The molecule has 206 valence electrons. The Bertz CT molecular complexity index is 770. The van der Waals surface area contributed by atoms with E-state index in [0.717, 1.165) is 50.0 Å². The van der Waals surface area contributed by atoms with E-state index in [1.54, 1.807) is 0 Å². The fraction of sp³-hybridized carbons (Fsp3) is 0.935. The van der Waals surface area contributed by atoms with Crippen molar-refractivity contribution in [1.82, 2.24) is 5.32 Å². The number of hydrogen-bond acceptors (Lipinski definition) is 3. The highest BCUT2D eigenvalue weighted by Gasteiger charge is 2.60. The van der Waals surface area contributed by atoms with Gasteiger partial charge in [-0.2, -0.15) is 0 Å². The van der Waals surface area contributed by atoms with Crippen LogP contribution >= 0.6 is 0 Å². The van der Waals surface area contributed by atoms with Crippen LogP contribution in [-0.2, 0) is 9.53 Å². The van der Waals surface area contributed by atoms with Gasteiger partial charge in [0, 0.05) is 13.0 Å². The largest absolute Gasteiger partial charge is 0.481 e. The summed E-state index contributed by atoms with van der Waals surface area (Å²) in [6.45, 7) is 10.4. The molecule has 4 saturated carbocycles. The molecular weight excluding hydrogens is 450 g/mol. The maximum absolute atomic E-state index is 12.4. The number of rotatable bonds is 10. The number of carbonyl (C=O) groups is 2. The van der Waals surface area contributed by atoms with E-state index < -0.39 is 5.97 Å². The molecule has 0 heterocycles. The molecule has 1 amide bonds. The maximum Gasteiger partial charge on any atom is 0.407 e. The van der Waals surface area contributed by atoms with Gasteiger partial charge >= 0.3 is 12.1 Å². The summed E-state index contributed by atoms with van der Waals surface area (Å²) in [7, 11) is 0. The van der Waals surface area contributed by atoms with E-state index in [4.69, 9.17) is 4.74 Å². The molecule has 0 aromatic carbocycles. The van der Waals surface area contributed by atoms with Gasteiger partial charge in [-0.3, -0.25) is 4.79 Å². The van der Waals surface area contributed by atoms with Crippen LogP contribution in [0.4, 0.5) is 4.79 Å². The minimum atomic E-state index is -0.652. The van der Waals surface area contributed by atoms with Crippen molar-refractivity contribution in [3.63, 3.8) is 0 Å². The van der Waals surface area contributed by atoms with E-state index in [0.29, 0.717) is 35.0 Å². The summed E-state index contributed by atoms with van der Waals surface area (Å²) >= 11 is 0. The SMILES string of the molecule is CCCCCCNC(=O)O[C@@H]1CC[C@@]2(C)[C@H](CC[C@@H]3[C@@H]2CC[C@]2(C)[C@@H]([C@H](C)CCC(=O)O)CC[C@@H]32)C1. The lowest BCUT2D eigenvalue weighted by molar-refractivity contribution is -0.138. The van der Waals surface area contributed by atoms with E-state index in [-0.39, 0.29) is 12.2 Å². The van der Waals surface area contributed by atoms with E-state index >= 15 is 0 Å². The van der Waals surface area contributed by atoms with E-state index in [9.17, 15) is 14.7 Å². The second kappa shape index (κ2) is 11.6. The summed E-state index contributed by atoms with van der Waals surface area (Å²) in [5.74, 6) is 3.63. The number of carboxylic acid groups (broad SMARTS) is 1. The number of nitrogens with one attached hydrogen (secondary N) is 1. The first-order chi connectivity index (χ1) is 17.2. The molecule has 4 aliphatic rings. The molecular formula is C31H53NO4. The lowest BCUT2D eigenvalue weighted by Gasteiger charge is -2.61. The van der Waals surface area contributed by atoms with Crippen molar-refractivity contribution in [3.05, 3.63) is 0 Å². The molecule has 0 aromatic heterocycles. The highest BCUT2D eigenvalue weighted by molar-refractivity contribution is 5.67. The first-order valence-electron chi connectivity index (χ1n) is 15.3. The van der Waals surface area contributed by atoms with Gasteiger partial charge in [0.05, 0.1) is 0 Å². The minimum Gasteiger partial charge on any atom is -0.481 e. The molecule has 4 rings (SSSR count). The molecule has 4 fully saturated rings. The Labute approximate surface area is 219 Å². The minimum absolute atomic E-state index is 0.0788. The number of fused-ring (bicyclic) bond motifs is 5. The van der Waals surface area contributed by atoms with Crippen LogP contribution in [0.5, 0.6) is 0 Å². The Morgan fingerprint density at radius 1 is 0.972 bits per heavy atom. The van der Waals surface area contributed by atoms with E-state index in [2.05, 4.69) is 33.0 Å². The smallest absolute Gasteiger partial charge is 0.407 e. The Hall–Kier alpha value is -1.26. The summed E-state index contributed by atoms with van der Waals surface area (Å²) in [5, 5.41) is 12.2. The second-order valence-electron chi connectivity index (χ2n) is 13.6. The van der Waals surface area contributed by atoms with Gasteiger partial charge in [0.15, 0.2) is 0 Å². The maximum atomic E-state index is 12.4. The zero-order valence-electron chi connectivity index (χ0n) is 23.5. The number of alkyl carbamates (subject to hydrolysis) is 1. The highest BCUT2D eigenvalue weighted by atomic mass is 16.6. The molecule has 0 aromatic rings. The summed E-state index contributed by atoms with van der Waals surface area (Å²) in [6, 6.07) is 0. The van der Waals surface area contributed by atoms with Crippen LogP contribution in [0, 0.1) is 46.3 Å². The summed E-state index contributed by atoms with van der Waals surface area (Å²) in [5.41, 5.74) is 0.769. The monoisotopic (exact) mass is 503 g/mol. The predicted molar refractivity (Wildman–Crippen MR) is 144 cm³/mol. The third kappa shape index (κ3) is 5.60. The van der Waals surface area contributed by atoms with Crippen molar-refractivity contribution in [2.24, 2.45) is 46.3 Å². The van der Waals surface area contributed by atoms with Crippen molar-refractivity contribution >= 4 is 12.1 Å². The van der Waals surface area contributed by atoms with Gasteiger partial charge in [0.25, 0.3) is 0 Å². The van der Waals surface area contributed by atoms with Gasteiger partial charge in [-0.1, -0.05) is 47.0 Å². The molecule has 2 N–H and O–H groups in total. The average Bonchev–Trinajstić information content (AvgIpc) is 3.20. The third-order valence-electron chi connectivity index (χ3n) is 11.8. The quantitative estimate of drug-likeness (QED) is 0.298. The molecule has 0 aliphatic heterocycles. The molecule has 5 nitrogen and oxygen atoms in total. The predicted octanol–water partition coefficient (Wildman–Crippen LogP) is 7.82. The van der Waals surface area contributed by atoms with Crippen LogP contribution in [0.25, 0.3) is 0 Å². The fourth-order valence-electron chi connectivity index (χ4n) is 9.79. The molecule has 0 unspecified atom stereocenters. The van der Waals surface area contributed by atoms with Crippen molar-refractivity contribution < 1.29 is 19.4 Å². The van der Waals surface area contributed by atoms with Gasteiger partial charge in [-0.05, 0) is 117 Å². The van der Waals surface area contributed by atoms with Crippen LogP contribution in [0.3, 0.4) is 0 Å². The standard InChI is InChI=1S/C31H53NO4/c1-5-6-7-8-19-32-29(35)36-23-15-17-30(3)22(20-23)10-11-24-26-13-12-25(21(2)9-14-28(33)34)31(26,4)18-16-27(24)30/h21-27H,5-20H2,1-4H3,(H,32,35)(H,33,34)/t21-,22-,23-,24+,25-,26+,27+,30+,31-/m1/s1. The first-order valence-corrected chi connectivity index (χ1v) is 15.3. The highest BCUT2D eigenvalue weighted by Crippen LogP contribution is 2.68. The van der Waals surface area contributed by atoms with Gasteiger partial charge in [-0.15, -0.1) is 0 Å². The van der Waals surface area contributed by atoms with Crippen molar-refractivity contribution in [1.29, 1.82) is 0 Å². The lowest BCUT2D eigenvalue weighted by atomic mass is 9.44. The number of ether oxygens (including phenoxy) is 1. The number of aliphatic carboxylic acids is 1. The number of carboxylic acids is 1. The van der Waals surface area contributed by atoms with Crippen LogP contribution in [0.1, 0.15) is 124 Å². The second-order valence-corrected chi connectivity index (χ2v) is 13.6. The molecule has 0 saturated heterocycles. The van der Waals surface area contributed by atoms with Gasteiger partial charge in [-0.25, -0.2) is 4.79 Å². The van der Waals surface area contributed by atoms with E-state index in [1.165, 1.54) is 64.2 Å². The first kappa shape index (κ1) is 27.8. The molecule has 4 aliphatic carbocycles. The number of unbranched alkanes of at least 4 members (excludes halogenated alkanes) is 3. The summed E-state index contributed by atoms with van der Waals surface area (Å²) in [4.78, 5) is 23.5. The Morgan fingerprint density at radius 2 is 1.72 bits per heavy atom. The zero-order valence-corrected chi connectivity index (χ0v) is 23.5. The molecule has 36 heavy (non-hydrogen) atoms. The normalized spacial score (nSPS) is 40.4. The van der Waals surface area contributed by atoms with E-state index in [1.807, 2.05) is 0 Å². The van der Waals surface area contributed by atoms with Crippen LogP contribution in [0.15, 0.2) is 0 Å². The topological polar surface area (TPSA) is 75.6 Å². The van der Waals surface area contributed by atoms with Gasteiger partial charge in [0.2, 0.25) is 0 Å². The molecule has 9 atom stereocenters. The molecule has 0 radical (unpaired) electrons. The third-order valence-corrected chi connectivity index (χ3v) is 11.8. The Kier molecular flexibility index (Phi) is 8.98. The van der Waals surface area contributed by atoms with Crippen LogP contribution < -0.4 is 5.32 Å². The fourth-order valence-corrected chi connectivity index (χ4v) is 9.79. The Morgan fingerprint density at radius 3 is 2.47 bits per heavy atom. The van der Waals surface area contributed by atoms with Gasteiger partial charge < -0.3 is 15.2 Å². The van der Waals surface area contributed by atoms with Crippen LogP contribution in [0.2, 0.25) is 0 Å². The zero-order chi connectivity index (χ0) is 25.9.